The van der Waals surface area contributed by atoms with Crippen LogP contribution in [0.2, 0.25) is 5.02 Å². The smallest absolute Gasteiger partial charge is 0.277 e. The second kappa shape index (κ2) is 7.30. The number of fused-ring (bicyclic) bond motifs is 1. The minimum atomic E-state index is -0.249. The number of hydrogen-bond acceptors (Lipinski definition) is 5. The Morgan fingerprint density at radius 2 is 2.18 bits per heavy atom. The van der Waals surface area contributed by atoms with Gasteiger partial charge < -0.3 is 19.8 Å². The van der Waals surface area contributed by atoms with Crippen LogP contribution in [0.4, 0.5) is 5.95 Å². The number of piperidine rings is 1. The van der Waals surface area contributed by atoms with E-state index in [1.807, 2.05) is 28.8 Å². The van der Waals surface area contributed by atoms with E-state index in [4.69, 9.17) is 22.3 Å². The van der Waals surface area contributed by atoms with Crippen LogP contribution in [-0.4, -0.2) is 33.2 Å². The summed E-state index contributed by atoms with van der Waals surface area (Å²) in [5.74, 6) is 0.692. The zero-order chi connectivity index (χ0) is 19.8. The van der Waals surface area contributed by atoms with Gasteiger partial charge in [-0.25, -0.2) is 4.98 Å². The fourth-order valence-electron chi connectivity index (χ4n) is 3.77. The van der Waals surface area contributed by atoms with Crippen molar-refractivity contribution in [2.75, 3.05) is 18.0 Å². The van der Waals surface area contributed by atoms with Gasteiger partial charge in [-0.1, -0.05) is 29.8 Å². The van der Waals surface area contributed by atoms with Crippen molar-refractivity contribution >= 4 is 28.6 Å². The first-order chi connectivity index (χ1) is 13.5. The maximum absolute atomic E-state index is 13.0. The number of halogens is 1. The number of anilines is 1. The predicted molar refractivity (Wildman–Crippen MR) is 110 cm³/mol. The van der Waals surface area contributed by atoms with Crippen molar-refractivity contribution in [3.05, 3.63) is 57.0 Å². The largest absolute Gasteiger partial charge is 0.341 e. The monoisotopic (exact) mass is 396 g/mol. The molecule has 3 aromatic rings. The summed E-state index contributed by atoms with van der Waals surface area (Å²) in [6.45, 7) is 1.92. The Hall–Kier alpha value is -2.82. The highest BCUT2D eigenvalue weighted by Gasteiger charge is 2.25. The van der Waals surface area contributed by atoms with Crippen LogP contribution >= 0.6 is 11.6 Å². The molecule has 2 aromatic heterocycles. The summed E-state index contributed by atoms with van der Waals surface area (Å²) in [4.78, 5) is 19.9. The Morgan fingerprint density at radius 1 is 1.39 bits per heavy atom. The molecule has 4 rings (SSSR count). The lowest BCUT2D eigenvalue weighted by Crippen LogP contribution is -2.44. The molecule has 3 heterocycles. The van der Waals surface area contributed by atoms with Gasteiger partial charge in [-0.05, 0) is 24.5 Å². The van der Waals surface area contributed by atoms with E-state index in [2.05, 4.69) is 11.0 Å². The van der Waals surface area contributed by atoms with Gasteiger partial charge >= 0.3 is 0 Å². The summed E-state index contributed by atoms with van der Waals surface area (Å²) in [6.07, 6.45) is 1.94. The number of nitrogens with zero attached hydrogens (tertiary/aromatic N) is 5. The lowest BCUT2D eigenvalue weighted by atomic mass is 10.1. The topological polar surface area (TPSA) is 92.9 Å². The van der Waals surface area contributed by atoms with E-state index in [-0.39, 0.29) is 17.3 Å². The SMILES string of the molecule is Cn1c(C#N)cc2nc(N3CCC[C@@H](N)C3)n(Cc3ccccc3Cl)c2c1=O. The molecule has 7 nitrogen and oxygen atoms in total. The summed E-state index contributed by atoms with van der Waals surface area (Å²) < 4.78 is 3.26. The third-order valence-electron chi connectivity index (χ3n) is 5.26. The summed E-state index contributed by atoms with van der Waals surface area (Å²) >= 11 is 6.38. The van der Waals surface area contributed by atoms with E-state index in [0.29, 0.717) is 35.1 Å². The molecule has 1 aliphatic rings. The summed E-state index contributed by atoms with van der Waals surface area (Å²) in [5.41, 5.74) is 8.09. The van der Waals surface area contributed by atoms with Crippen molar-refractivity contribution in [1.82, 2.24) is 14.1 Å². The molecular weight excluding hydrogens is 376 g/mol. The first kappa shape index (κ1) is 18.5. The Kier molecular flexibility index (Phi) is 4.84. The van der Waals surface area contributed by atoms with E-state index >= 15 is 0 Å². The Bertz CT molecular complexity index is 1140. The highest BCUT2D eigenvalue weighted by atomic mass is 35.5. The van der Waals surface area contributed by atoms with Gasteiger partial charge in [-0.15, -0.1) is 0 Å². The van der Waals surface area contributed by atoms with Gasteiger partial charge in [0.25, 0.3) is 5.56 Å². The van der Waals surface area contributed by atoms with Gasteiger partial charge in [-0.2, -0.15) is 5.26 Å². The first-order valence-corrected chi connectivity index (χ1v) is 9.61. The van der Waals surface area contributed by atoms with Crippen LogP contribution in [0.1, 0.15) is 24.1 Å². The number of rotatable bonds is 3. The van der Waals surface area contributed by atoms with Crippen LogP contribution in [0.25, 0.3) is 11.0 Å². The van der Waals surface area contributed by atoms with Crippen LogP contribution < -0.4 is 16.2 Å². The average Bonchev–Trinajstić information content (AvgIpc) is 3.05. The maximum atomic E-state index is 13.0. The molecule has 8 heteroatoms. The fourth-order valence-corrected chi connectivity index (χ4v) is 3.96. The molecule has 144 valence electrons. The van der Waals surface area contributed by atoms with E-state index < -0.39 is 0 Å². The summed E-state index contributed by atoms with van der Waals surface area (Å²) in [5, 5.41) is 9.98. The zero-order valence-corrected chi connectivity index (χ0v) is 16.4. The minimum Gasteiger partial charge on any atom is -0.341 e. The third kappa shape index (κ3) is 3.15. The molecule has 1 saturated heterocycles. The van der Waals surface area contributed by atoms with Gasteiger partial charge in [0.1, 0.15) is 17.3 Å². The Balaban J connectivity index is 1.94. The van der Waals surface area contributed by atoms with Crippen molar-refractivity contribution in [1.29, 1.82) is 5.26 Å². The molecule has 2 N–H and O–H groups in total. The second-order valence-electron chi connectivity index (χ2n) is 7.18. The van der Waals surface area contributed by atoms with Gasteiger partial charge in [0.05, 0.1) is 12.1 Å². The van der Waals surface area contributed by atoms with Gasteiger partial charge in [0, 0.05) is 37.3 Å². The molecule has 1 aliphatic heterocycles. The molecule has 0 saturated carbocycles. The number of benzene rings is 1. The molecule has 0 aliphatic carbocycles. The third-order valence-corrected chi connectivity index (χ3v) is 5.63. The summed E-state index contributed by atoms with van der Waals surface area (Å²) in [7, 11) is 1.60. The number of pyridine rings is 1. The lowest BCUT2D eigenvalue weighted by Gasteiger charge is -2.32. The quantitative estimate of drug-likeness (QED) is 0.732. The highest BCUT2D eigenvalue weighted by Crippen LogP contribution is 2.27. The standard InChI is InChI=1S/C20H21ClN6O/c1-25-15(10-22)9-17-18(19(25)28)27(11-13-5-2-3-7-16(13)21)20(24-17)26-8-4-6-14(23)12-26/h2-3,5,7,9,14H,4,6,8,11-12,23H2,1H3/t14-/m1/s1. The fraction of sp³-hybridized carbons (Fsp3) is 0.350. The van der Waals surface area contributed by atoms with E-state index in [1.54, 1.807) is 13.1 Å². The van der Waals surface area contributed by atoms with Crippen LogP contribution in [-0.2, 0) is 13.6 Å². The molecule has 0 spiro atoms. The van der Waals surface area contributed by atoms with Crippen molar-refractivity contribution in [3.63, 3.8) is 0 Å². The molecule has 0 radical (unpaired) electrons. The van der Waals surface area contributed by atoms with E-state index in [1.165, 1.54) is 4.57 Å². The van der Waals surface area contributed by atoms with E-state index in [0.717, 1.165) is 24.9 Å². The van der Waals surface area contributed by atoms with Crippen LogP contribution in [0, 0.1) is 11.3 Å². The molecule has 0 amide bonds. The van der Waals surface area contributed by atoms with Gasteiger partial charge in [-0.3, -0.25) is 4.79 Å². The zero-order valence-electron chi connectivity index (χ0n) is 15.6. The van der Waals surface area contributed by atoms with E-state index in [9.17, 15) is 10.1 Å². The summed E-state index contributed by atoms with van der Waals surface area (Å²) in [6, 6.07) is 11.4. The highest BCUT2D eigenvalue weighted by molar-refractivity contribution is 6.31. The molecular formula is C20H21ClN6O. The molecule has 1 fully saturated rings. The second-order valence-corrected chi connectivity index (χ2v) is 7.58. The Morgan fingerprint density at radius 3 is 2.89 bits per heavy atom. The normalized spacial score (nSPS) is 17.1. The number of hydrogen-bond donors (Lipinski definition) is 1. The Labute approximate surface area is 167 Å². The number of nitrogens with two attached hydrogens (primary N) is 1. The molecule has 28 heavy (non-hydrogen) atoms. The molecule has 0 unspecified atom stereocenters. The van der Waals surface area contributed by atoms with Crippen molar-refractivity contribution < 1.29 is 0 Å². The molecule has 0 bridgehead atoms. The minimum absolute atomic E-state index is 0.0693. The van der Waals surface area contributed by atoms with Crippen LogP contribution in [0.15, 0.2) is 35.1 Å². The van der Waals surface area contributed by atoms with Gasteiger partial charge in [0.15, 0.2) is 0 Å². The molecule has 1 aromatic carbocycles. The number of imidazole rings is 1. The maximum Gasteiger partial charge on any atom is 0.277 e. The first-order valence-electron chi connectivity index (χ1n) is 9.24. The lowest BCUT2D eigenvalue weighted by molar-refractivity contribution is 0.495. The average molecular weight is 397 g/mol. The van der Waals surface area contributed by atoms with Crippen molar-refractivity contribution in [2.45, 2.75) is 25.4 Å². The number of nitriles is 1. The van der Waals surface area contributed by atoms with Crippen LogP contribution in [0.3, 0.4) is 0 Å². The number of aromatic nitrogens is 3. The van der Waals surface area contributed by atoms with Crippen molar-refractivity contribution in [2.24, 2.45) is 12.8 Å². The van der Waals surface area contributed by atoms with Crippen molar-refractivity contribution in [3.8, 4) is 6.07 Å². The predicted octanol–water partition coefficient (Wildman–Crippen LogP) is 2.24. The van der Waals surface area contributed by atoms with Crippen LogP contribution in [0.5, 0.6) is 0 Å². The molecule has 1 atom stereocenters. The van der Waals surface area contributed by atoms with Gasteiger partial charge in [0.2, 0.25) is 5.95 Å².